The normalized spacial score (nSPS) is 10.0. The third kappa shape index (κ3) is 3.16. The van der Waals surface area contributed by atoms with Crippen LogP contribution in [0.5, 0.6) is 0 Å². The van der Waals surface area contributed by atoms with Crippen LogP contribution in [0.4, 0.5) is 0 Å². The number of nitrogens with one attached hydrogen (secondary N) is 1. The molecule has 1 rings (SSSR count). The minimum Gasteiger partial charge on any atom is -0.352 e. The van der Waals surface area contributed by atoms with Crippen molar-refractivity contribution in [1.82, 2.24) is 9.88 Å². The first-order chi connectivity index (χ1) is 7.16. The lowest BCUT2D eigenvalue weighted by Gasteiger charge is -2.16. The monoisotopic (exact) mass is 224 g/mol. The van der Waals surface area contributed by atoms with E-state index in [1.165, 1.54) is 0 Å². The Morgan fingerprint density at radius 3 is 2.93 bits per heavy atom. The lowest BCUT2D eigenvalue weighted by molar-refractivity contribution is 0.0792. The molecule has 0 unspecified atom stereocenters. The number of aromatic amines is 1. The first-order valence-corrected chi connectivity index (χ1v) is 5.50. The average Bonchev–Trinajstić information content (AvgIpc) is 2.25. The molecule has 0 radical (unpaired) electrons. The molecule has 82 valence electrons. The Kier molecular flexibility index (Phi) is 4.49. The van der Waals surface area contributed by atoms with Gasteiger partial charge in [0.1, 0.15) is 4.64 Å². The molecule has 0 aliphatic rings. The molecule has 15 heavy (non-hydrogen) atoms. The molecule has 1 aromatic rings. The van der Waals surface area contributed by atoms with Crippen molar-refractivity contribution in [1.29, 1.82) is 0 Å². The van der Waals surface area contributed by atoms with E-state index >= 15 is 0 Å². The number of unbranched alkanes of at least 4 members (excludes halogenated alkanes) is 1. The highest BCUT2D eigenvalue weighted by Gasteiger charge is 2.11. The van der Waals surface area contributed by atoms with Crippen molar-refractivity contribution in [2.75, 3.05) is 13.6 Å². The van der Waals surface area contributed by atoms with Gasteiger partial charge in [0.25, 0.3) is 5.91 Å². The van der Waals surface area contributed by atoms with Crippen LogP contribution in [0.1, 0.15) is 30.1 Å². The summed E-state index contributed by atoms with van der Waals surface area (Å²) in [7, 11) is 1.81. The van der Waals surface area contributed by atoms with E-state index in [0.29, 0.717) is 10.2 Å². The fourth-order valence-corrected chi connectivity index (χ4v) is 1.52. The average molecular weight is 224 g/mol. The van der Waals surface area contributed by atoms with E-state index < -0.39 is 0 Å². The van der Waals surface area contributed by atoms with Crippen LogP contribution in [0.25, 0.3) is 0 Å². The summed E-state index contributed by atoms with van der Waals surface area (Å²) in [6.45, 7) is 2.88. The standard InChI is InChI=1S/C11H16N2OS/c1-3-4-8-13(2)11(14)9-6-5-7-12-10(9)15/h5-7H,3-4,8H2,1-2H3,(H,12,15). The number of hydrogen-bond acceptors (Lipinski definition) is 2. The maximum absolute atomic E-state index is 11.9. The molecule has 0 saturated carbocycles. The number of H-pyrrole nitrogens is 1. The molecule has 1 N–H and O–H groups in total. The highest BCUT2D eigenvalue weighted by molar-refractivity contribution is 7.71. The van der Waals surface area contributed by atoms with Crippen LogP contribution in [-0.4, -0.2) is 29.4 Å². The molecule has 0 fully saturated rings. The minimum absolute atomic E-state index is 0.00898. The van der Waals surface area contributed by atoms with E-state index in [2.05, 4.69) is 11.9 Å². The van der Waals surface area contributed by atoms with Crippen molar-refractivity contribution in [2.24, 2.45) is 0 Å². The Labute approximate surface area is 95.1 Å². The van der Waals surface area contributed by atoms with Gasteiger partial charge >= 0.3 is 0 Å². The Bertz CT molecular complexity index is 386. The zero-order valence-electron chi connectivity index (χ0n) is 9.12. The smallest absolute Gasteiger partial charge is 0.256 e. The van der Waals surface area contributed by atoms with Crippen LogP contribution in [0.15, 0.2) is 18.3 Å². The summed E-state index contributed by atoms with van der Waals surface area (Å²) in [4.78, 5) is 16.5. The molecule has 0 aliphatic heterocycles. The van der Waals surface area contributed by atoms with E-state index in [1.807, 2.05) is 0 Å². The van der Waals surface area contributed by atoms with Crippen LogP contribution in [0.2, 0.25) is 0 Å². The number of rotatable bonds is 4. The molecule has 0 bridgehead atoms. The minimum atomic E-state index is -0.00898. The topological polar surface area (TPSA) is 36.1 Å². The zero-order valence-corrected chi connectivity index (χ0v) is 9.93. The van der Waals surface area contributed by atoms with Gasteiger partial charge in [-0.1, -0.05) is 25.6 Å². The summed E-state index contributed by atoms with van der Waals surface area (Å²) in [6.07, 6.45) is 3.83. The molecule has 3 nitrogen and oxygen atoms in total. The number of aromatic nitrogens is 1. The molecule has 1 aromatic heterocycles. The summed E-state index contributed by atoms with van der Waals surface area (Å²) in [5.41, 5.74) is 0.575. The lowest BCUT2D eigenvalue weighted by Crippen LogP contribution is -2.28. The predicted molar refractivity (Wildman–Crippen MR) is 63.5 cm³/mol. The van der Waals surface area contributed by atoms with E-state index in [9.17, 15) is 4.79 Å². The Morgan fingerprint density at radius 1 is 1.60 bits per heavy atom. The summed E-state index contributed by atoms with van der Waals surface area (Å²) in [5, 5.41) is 0. The van der Waals surface area contributed by atoms with Gasteiger partial charge in [0.2, 0.25) is 0 Å². The summed E-state index contributed by atoms with van der Waals surface area (Å²) in [6, 6.07) is 3.54. The lowest BCUT2D eigenvalue weighted by atomic mass is 10.2. The quantitative estimate of drug-likeness (QED) is 0.798. The van der Waals surface area contributed by atoms with Gasteiger partial charge in [-0.2, -0.15) is 0 Å². The van der Waals surface area contributed by atoms with Crippen LogP contribution in [0.3, 0.4) is 0 Å². The van der Waals surface area contributed by atoms with Gasteiger partial charge in [0.05, 0.1) is 5.56 Å². The summed E-state index contributed by atoms with van der Waals surface area (Å²) < 4.78 is 0.505. The van der Waals surface area contributed by atoms with Crippen molar-refractivity contribution in [3.05, 3.63) is 28.5 Å². The van der Waals surface area contributed by atoms with Gasteiger partial charge in [-0.25, -0.2) is 0 Å². The first-order valence-electron chi connectivity index (χ1n) is 5.10. The molecular formula is C11H16N2OS. The van der Waals surface area contributed by atoms with E-state index in [-0.39, 0.29) is 5.91 Å². The Balaban J connectivity index is 2.77. The van der Waals surface area contributed by atoms with E-state index in [1.54, 1.807) is 30.3 Å². The third-order valence-corrected chi connectivity index (χ3v) is 2.58. The maximum Gasteiger partial charge on any atom is 0.256 e. The number of amides is 1. The van der Waals surface area contributed by atoms with Crippen LogP contribution in [0, 0.1) is 4.64 Å². The maximum atomic E-state index is 11.9. The van der Waals surface area contributed by atoms with Gasteiger partial charge in [-0.05, 0) is 18.6 Å². The molecule has 4 heteroatoms. The van der Waals surface area contributed by atoms with Gasteiger partial charge in [0.15, 0.2) is 0 Å². The largest absolute Gasteiger partial charge is 0.352 e. The number of carbonyl (C=O) groups is 1. The summed E-state index contributed by atoms with van der Waals surface area (Å²) >= 11 is 5.06. The van der Waals surface area contributed by atoms with Crippen LogP contribution >= 0.6 is 12.2 Å². The second-order valence-electron chi connectivity index (χ2n) is 3.49. The van der Waals surface area contributed by atoms with Gasteiger partial charge in [-0.3, -0.25) is 4.79 Å². The van der Waals surface area contributed by atoms with Crippen molar-refractivity contribution < 1.29 is 4.79 Å². The predicted octanol–water partition coefficient (Wildman–Crippen LogP) is 2.62. The van der Waals surface area contributed by atoms with Crippen LogP contribution in [-0.2, 0) is 0 Å². The summed E-state index contributed by atoms with van der Waals surface area (Å²) in [5.74, 6) is -0.00898. The molecule has 0 spiro atoms. The fraction of sp³-hybridized carbons (Fsp3) is 0.455. The van der Waals surface area contributed by atoms with Gasteiger partial charge < -0.3 is 9.88 Å². The molecule has 0 aliphatic carbocycles. The first kappa shape index (κ1) is 11.9. The van der Waals surface area contributed by atoms with E-state index in [4.69, 9.17) is 12.2 Å². The Hall–Kier alpha value is -1.16. The molecule has 1 heterocycles. The van der Waals surface area contributed by atoms with Crippen molar-refractivity contribution >= 4 is 18.1 Å². The van der Waals surface area contributed by atoms with Crippen molar-refractivity contribution in [2.45, 2.75) is 19.8 Å². The molecule has 1 amide bonds. The second kappa shape index (κ2) is 5.66. The highest BCUT2D eigenvalue weighted by atomic mass is 32.1. The fourth-order valence-electron chi connectivity index (χ4n) is 1.29. The molecular weight excluding hydrogens is 208 g/mol. The van der Waals surface area contributed by atoms with Crippen LogP contribution < -0.4 is 0 Å². The molecule has 0 atom stereocenters. The van der Waals surface area contributed by atoms with E-state index in [0.717, 1.165) is 19.4 Å². The number of pyridine rings is 1. The number of carbonyl (C=O) groups excluding carboxylic acids is 1. The third-order valence-electron chi connectivity index (χ3n) is 2.24. The zero-order chi connectivity index (χ0) is 11.3. The molecule has 0 aromatic carbocycles. The highest BCUT2D eigenvalue weighted by Crippen LogP contribution is 2.04. The number of hydrogen-bond donors (Lipinski definition) is 1. The second-order valence-corrected chi connectivity index (χ2v) is 3.90. The van der Waals surface area contributed by atoms with Gasteiger partial charge in [-0.15, -0.1) is 0 Å². The van der Waals surface area contributed by atoms with Crippen molar-refractivity contribution in [3.63, 3.8) is 0 Å². The Morgan fingerprint density at radius 2 is 2.33 bits per heavy atom. The molecule has 0 saturated heterocycles. The SMILES string of the molecule is CCCCN(C)C(=O)c1ccc[nH]c1=S. The number of nitrogens with zero attached hydrogens (tertiary/aromatic N) is 1. The van der Waals surface area contributed by atoms with Gasteiger partial charge in [0, 0.05) is 19.8 Å². The van der Waals surface area contributed by atoms with Crippen molar-refractivity contribution in [3.8, 4) is 0 Å².